The molecule has 0 aliphatic heterocycles. The van der Waals surface area contributed by atoms with Crippen LogP contribution in [0.15, 0.2) is 17.0 Å². The van der Waals surface area contributed by atoms with Crippen LogP contribution in [0.1, 0.15) is 23.0 Å². The van der Waals surface area contributed by atoms with E-state index in [1.165, 1.54) is 0 Å². The summed E-state index contributed by atoms with van der Waals surface area (Å²) in [5, 5.41) is 12.8. The van der Waals surface area contributed by atoms with Gasteiger partial charge in [-0.3, -0.25) is 0 Å². The lowest BCUT2D eigenvalue weighted by Crippen LogP contribution is -2.02. The highest BCUT2D eigenvalue weighted by atomic mass is 16.5. The van der Waals surface area contributed by atoms with E-state index in [4.69, 9.17) is 9.63 Å². The Bertz CT molecular complexity index is 527. The quantitative estimate of drug-likeness (QED) is 0.850. The number of carboxylic acids is 1. The number of carboxylic acid groups (broad SMARTS) is 1. The number of hydrogen-bond acceptors (Lipinski definition) is 4. The number of aryl methyl sites for hydroxylation is 2. The summed E-state index contributed by atoms with van der Waals surface area (Å²) in [7, 11) is 0. The lowest BCUT2D eigenvalue weighted by Gasteiger charge is -2.01. The molecule has 0 atom stereocenters. The van der Waals surface area contributed by atoms with E-state index < -0.39 is 5.97 Å². The molecule has 0 fully saturated rings. The SMILES string of the molecule is CCn1cncc1-c1noc(C)c1C(=O)O. The topological polar surface area (TPSA) is 81.2 Å². The van der Waals surface area contributed by atoms with Crippen LogP contribution < -0.4 is 0 Å². The minimum Gasteiger partial charge on any atom is -0.477 e. The van der Waals surface area contributed by atoms with E-state index in [1.54, 1.807) is 19.4 Å². The summed E-state index contributed by atoms with van der Waals surface area (Å²) in [5.41, 5.74) is 1.07. The van der Waals surface area contributed by atoms with Crippen LogP contribution in [0.25, 0.3) is 11.4 Å². The molecule has 2 aromatic rings. The molecule has 2 heterocycles. The monoisotopic (exact) mass is 221 g/mol. The van der Waals surface area contributed by atoms with Crippen molar-refractivity contribution in [2.75, 3.05) is 0 Å². The first-order valence-corrected chi connectivity index (χ1v) is 4.85. The Balaban J connectivity index is 2.60. The highest BCUT2D eigenvalue weighted by Gasteiger charge is 2.22. The Labute approximate surface area is 91.5 Å². The van der Waals surface area contributed by atoms with Gasteiger partial charge in [0.25, 0.3) is 0 Å². The summed E-state index contributed by atoms with van der Waals surface area (Å²) >= 11 is 0. The van der Waals surface area contributed by atoms with Gasteiger partial charge < -0.3 is 14.2 Å². The first-order valence-electron chi connectivity index (χ1n) is 4.85. The third-order valence-electron chi connectivity index (χ3n) is 2.37. The van der Waals surface area contributed by atoms with Crippen LogP contribution in [-0.4, -0.2) is 25.8 Å². The van der Waals surface area contributed by atoms with E-state index in [0.29, 0.717) is 23.7 Å². The van der Waals surface area contributed by atoms with Crippen LogP contribution in [-0.2, 0) is 6.54 Å². The van der Waals surface area contributed by atoms with Crippen molar-refractivity contribution in [3.8, 4) is 11.4 Å². The lowest BCUT2D eigenvalue weighted by atomic mass is 10.1. The van der Waals surface area contributed by atoms with Gasteiger partial charge in [0, 0.05) is 6.54 Å². The Hall–Kier alpha value is -2.11. The normalized spacial score (nSPS) is 10.6. The van der Waals surface area contributed by atoms with Crippen molar-refractivity contribution in [3.05, 3.63) is 23.8 Å². The van der Waals surface area contributed by atoms with Gasteiger partial charge in [0.05, 0.1) is 18.2 Å². The van der Waals surface area contributed by atoms with Crippen molar-refractivity contribution in [1.29, 1.82) is 0 Å². The van der Waals surface area contributed by atoms with Gasteiger partial charge in [0.15, 0.2) is 0 Å². The van der Waals surface area contributed by atoms with E-state index >= 15 is 0 Å². The fraction of sp³-hybridized carbons (Fsp3) is 0.300. The zero-order valence-corrected chi connectivity index (χ0v) is 8.97. The highest BCUT2D eigenvalue weighted by molar-refractivity contribution is 5.95. The number of carbonyl (C=O) groups is 1. The molecule has 0 unspecified atom stereocenters. The van der Waals surface area contributed by atoms with Gasteiger partial charge >= 0.3 is 5.97 Å². The number of hydrogen-bond donors (Lipinski definition) is 1. The molecule has 0 radical (unpaired) electrons. The number of rotatable bonds is 3. The first-order chi connectivity index (χ1) is 7.65. The van der Waals surface area contributed by atoms with Gasteiger partial charge in [-0.15, -0.1) is 0 Å². The molecule has 0 aliphatic carbocycles. The first kappa shape index (κ1) is 10.4. The zero-order valence-electron chi connectivity index (χ0n) is 8.97. The predicted octanol–water partition coefficient (Wildman–Crippen LogP) is 1.56. The number of nitrogens with zero attached hydrogens (tertiary/aromatic N) is 3. The summed E-state index contributed by atoms with van der Waals surface area (Å²) < 4.78 is 6.72. The Morgan fingerprint density at radius 1 is 1.62 bits per heavy atom. The second-order valence-corrected chi connectivity index (χ2v) is 3.33. The molecule has 0 amide bonds. The fourth-order valence-corrected chi connectivity index (χ4v) is 1.57. The van der Waals surface area contributed by atoms with Crippen molar-refractivity contribution < 1.29 is 14.4 Å². The smallest absolute Gasteiger partial charge is 0.341 e. The van der Waals surface area contributed by atoms with Crippen LogP contribution in [0.3, 0.4) is 0 Å². The van der Waals surface area contributed by atoms with Gasteiger partial charge in [-0.05, 0) is 13.8 Å². The van der Waals surface area contributed by atoms with Crippen molar-refractivity contribution in [2.24, 2.45) is 0 Å². The summed E-state index contributed by atoms with van der Waals surface area (Å²) in [4.78, 5) is 15.0. The molecule has 0 aliphatic rings. The molecule has 1 N–H and O–H groups in total. The van der Waals surface area contributed by atoms with Crippen molar-refractivity contribution in [3.63, 3.8) is 0 Å². The van der Waals surface area contributed by atoms with Crippen LogP contribution in [0.5, 0.6) is 0 Å². The minimum absolute atomic E-state index is 0.0928. The van der Waals surface area contributed by atoms with Crippen LogP contribution >= 0.6 is 0 Å². The standard InChI is InChI=1S/C10H11N3O3/c1-3-13-5-11-4-7(13)9-8(10(14)15)6(2)16-12-9/h4-5H,3H2,1-2H3,(H,14,15). The van der Waals surface area contributed by atoms with Gasteiger partial charge in [0.1, 0.15) is 17.0 Å². The van der Waals surface area contributed by atoms with E-state index in [-0.39, 0.29) is 5.56 Å². The van der Waals surface area contributed by atoms with Crippen molar-refractivity contribution in [1.82, 2.24) is 14.7 Å². The summed E-state index contributed by atoms with van der Waals surface area (Å²) in [5.74, 6) is -0.746. The molecule has 0 bridgehead atoms. The van der Waals surface area contributed by atoms with Gasteiger partial charge in [-0.25, -0.2) is 9.78 Å². The molecule has 6 heteroatoms. The van der Waals surface area contributed by atoms with E-state index in [2.05, 4.69) is 10.1 Å². The molecule has 0 saturated carbocycles. The molecule has 0 aromatic carbocycles. The van der Waals surface area contributed by atoms with Gasteiger partial charge in [-0.2, -0.15) is 0 Å². The zero-order chi connectivity index (χ0) is 11.7. The Kier molecular flexibility index (Phi) is 2.47. The van der Waals surface area contributed by atoms with E-state index in [9.17, 15) is 4.79 Å². The summed E-state index contributed by atoms with van der Waals surface area (Å²) in [6.07, 6.45) is 3.21. The average molecular weight is 221 g/mol. The van der Waals surface area contributed by atoms with Gasteiger partial charge in [0.2, 0.25) is 0 Å². The summed E-state index contributed by atoms with van der Waals surface area (Å²) in [6, 6.07) is 0. The molecular formula is C10H11N3O3. The maximum atomic E-state index is 11.1. The Morgan fingerprint density at radius 2 is 2.38 bits per heavy atom. The molecule has 16 heavy (non-hydrogen) atoms. The molecule has 2 aromatic heterocycles. The molecule has 84 valence electrons. The third kappa shape index (κ3) is 1.48. The third-order valence-corrected chi connectivity index (χ3v) is 2.37. The second kappa shape index (κ2) is 3.80. The largest absolute Gasteiger partial charge is 0.477 e. The van der Waals surface area contributed by atoms with E-state index in [1.807, 2.05) is 11.5 Å². The molecule has 6 nitrogen and oxygen atoms in total. The molecular weight excluding hydrogens is 210 g/mol. The number of imidazole rings is 1. The molecule has 0 saturated heterocycles. The maximum Gasteiger partial charge on any atom is 0.341 e. The maximum absolute atomic E-state index is 11.1. The predicted molar refractivity (Wildman–Crippen MR) is 55.1 cm³/mol. The second-order valence-electron chi connectivity index (χ2n) is 3.33. The van der Waals surface area contributed by atoms with Crippen LogP contribution in [0, 0.1) is 6.92 Å². The number of aromatic nitrogens is 3. The molecule has 0 spiro atoms. The number of aromatic carboxylic acids is 1. The van der Waals surface area contributed by atoms with Crippen molar-refractivity contribution in [2.45, 2.75) is 20.4 Å². The lowest BCUT2D eigenvalue weighted by molar-refractivity contribution is 0.0695. The van der Waals surface area contributed by atoms with Crippen LogP contribution in [0.4, 0.5) is 0 Å². The highest BCUT2D eigenvalue weighted by Crippen LogP contribution is 2.24. The van der Waals surface area contributed by atoms with E-state index in [0.717, 1.165) is 0 Å². The van der Waals surface area contributed by atoms with Crippen molar-refractivity contribution >= 4 is 5.97 Å². The van der Waals surface area contributed by atoms with Crippen LogP contribution in [0.2, 0.25) is 0 Å². The summed E-state index contributed by atoms with van der Waals surface area (Å²) in [6.45, 7) is 4.21. The minimum atomic E-state index is -1.04. The Morgan fingerprint density at radius 3 is 3.00 bits per heavy atom. The fourth-order valence-electron chi connectivity index (χ4n) is 1.57. The average Bonchev–Trinajstić information content (AvgIpc) is 2.82. The molecule has 2 rings (SSSR count). The van der Waals surface area contributed by atoms with Gasteiger partial charge in [-0.1, -0.05) is 5.16 Å².